The highest BCUT2D eigenvalue weighted by Crippen LogP contribution is 2.41. The topological polar surface area (TPSA) is 98.9 Å². The highest BCUT2D eigenvalue weighted by molar-refractivity contribution is 6.04. The first-order chi connectivity index (χ1) is 19.4. The Morgan fingerprint density at radius 2 is 1.55 bits per heavy atom. The van der Waals surface area contributed by atoms with Crippen LogP contribution in [0.5, 0.6) is 0 Å². The maximum atomic E-state index is 12.6. The molecule has 0 radical (unpaired) electrons. The van der Waals surface area contributed by atoms with Crippen molar-refractivity contribution in [3.63, 3.8) is 0 Å². The van der Waals surface area contributed by atoms with Crippen molar-refractivity contribution in [1.82, 2.24) is 14.8 Å². The second-order valence-electron chi connectivity index (χ2n) is 10.4. The average molecular weight is 542 g/mol. The van der Waals surface area contributed by atoms with Crippen LogP contribution in [0.2, 0.25) is 0 Å². The smallest absolute Gasteiger partial charge is 0.323 e. The zero-order valence-electron chi connectivity index (χ0n) is 24.5. The van der Waals surface area contributed by atoms with Crippen LogP contribution in [0.3, 0.4) is 0 Å². The summed E-state index contributed by atoms with van der Waals surface area (Å²) >= 11 is 0. The number of nitrogens with zero attached hydrogens (tertiary/aromatic N) is 4. The highest BCUT2D eigenvalue weighted by atomic mass is 16.2. The SMILES string of the molecule is CC.CN=C(N)c1c(-c2ccc(NC(=O)Nc3ccc(CN4CCN(C)CC4)cc3)cc2)cc(C2CC2)nc1C. The first-order valence-corrected chi connectivity index (χ1v) is 14.3. The number of hydrogen-bond acceptors (Lipinski definition) is 5. The summed E-state index contributed by atoms with van der Waals surface area (Å²) in [7, 11) is 3.86. The largest absolute Gasteiger partial charge is 0.383 e. The lowest BCUT2D eigenvalue weighted by Gasteiger charge is -2.32. The monoisotopic (exact) mass is 541 g/mol. The first kappa shape index (κ1) is 29.2. The molecule has 1 aliphatic heterocycles. The van der Waals surface area contributed by atoms with Gasteiger partial charge in [-0.2, -0.15) is 0 Å². The number of aryl methyl sites for hydroxylation is 1. The Morgan fingerprint density at radius 3 is 2.10 bits per heavy atom. The molecule has 0 atom stereocenters. The fourth-order valence-electron chi connectivity index (χ4n) is 4.93. The summed E-state index contributed by atoms with van der Waals surface area (Å²) in [6, 6.07) is 17.8. The zero-order valence-corrected chi connectivity index (χ0v) is 24.5. The van der Waals surface area contributed by atoms with Crippen LogP contribution in [-0.2, 0) is 6.54 Å². The molecule has 8 heteroatoms. The van der Waals surface area contributed by atoms with Crippen LogP contribution >= 0.6 is 0 Å². The maximum absolute atomic E-state index is 12.6. The van der Waals surface area contributed by atoms with Crippen molar-refractivity contribution in [3.05, 3.63) is 77.1 Å². The van der Waals surface area contributed by atoms with Gasteiger partial charge in [0.15, 0.2) is 0 Å². The molecule has 2 fully saturated rings. The van der Waals surface area contributed by atoms with Crippen molar-refractivity contribution in [2.75, 3.05) is 50.9 Å². The lowest BCUT2D eigenvalue weighted by molar-refractivity contribution is 0.148. The molecule has 2 aliphatic rings. The van der Waals surface area contributed by atoms with Gasteiger partial charge >= 0.3 is 6.03 Å². The van der Waals surface area contributed by atoms with Gasteiger partial charge in [-0.15, -0.1) is 0 Å². The Hall–Kier alpha value is -3.75. The molecule has 1 saturated carbocycles. The number of carbonyl (C=O) groups excluding carboxylic acids is 1. The van der Waals surface area contributed by atoms with E-state index in [1.165, 1.54) is 18.4 Å². The Labute approximate surface area is 238 Å². The molecule has 1 aliphatic carbocycles. The molecular weight excluding hydrogens is 498 g/mol. The molecule has 4 N–H and O–H groups in total. The fourth-order valence-corrected chi connectivity index (χ4v) is 4.93. The van der Waals surface area contributed by atoms with E-state index in [0.29, 0.717) is 17.4 Å². The van der Waals surface area contributed by atoms with Crippen molar-refractivity contribution >= 4 is 23.2 Å². The van der Waals surface area contributed by atoms with Crippen molar-refractivity contribution in [3.8, 4) is 11.1 Å². The number of hydrogen-bond donors (Lipinski definition) is 3. The first-order valence-electron chi connectivity index (χ1n) is 14.3. The summed E-state index contributed by atoms with van der Waals surface area (Å²) in [6.07, 6.45) is 2.36. The van der Waals surface area contributed by atoms with E-state index in [-0.39, 0.29) is 6.03 Å². The van der Waals surface area contributed by atoms with Crippen molar-refractivity contribution in [1.29, 1.82) is 0 Å². The average Bonchev–Trinajstić information content (AvgIpc) is 3.82. The summed E-state index contributed by atoms with van der Waals surface area (Å²) < 4.78 is 0. The lowest BCUT2D eigenvalue weighted by Crippen LogP contribution is -2.43. The van der Waals surface area contributed by atoms with Gasteiger partial charge in [-0.05, 0) is 73.8 Å². The van der Waals surface area contributed by atoms with Gasteiger partial charge in [0, 0.05) is 74.0 Å². The second-order valence-corrected chi connectivity index (χ2v) is 10.4. The molecule has 0 unspecified atom stereocenters. The quantitative estimate of drug-likeness (QED) is 0.264. The van der Waals surface area contributed by atoms with Crippen molar-refractivity contribution < 1.29 is 4.79 Å². The van der Waals surface area contributed by atoms with Gasteiger partial charge in [-0.1, -0.05) is 38.1 Å². The van der Waals surface area contributed by atoms with Crippen LogP contribution in [-0.4, -0.2) is 66.9 Å². The lowest BCUT2D eigenvalue weighted by atomic mass is 9.96. The number of amides is 2. The molecule has 2 amide bonds. The Bertz CT molecular complexity index is 1310. The molecule has 0 bridgehead atoms. The molecular formula is C32H43N7O. The van der Waals surface area contributed by atoms with Crippen molar-refractivity contribution in [2.24, 2.45) is 10.7 Å². The number of nitrogens with two attached hydrogens (primary N) is 1. The fraction of sp³-hybridized carbons (Fsp3) is 0.406. The predicted molar refractivity (Wildman–Crippen MR) is 166 cm³/mol. The number of aliphatic imine (C=N–C) groups is 1. The molecule has 8 nitrogen and oxygen atoms in total. The molecule has 2 heterocycles. The summed E-state index contributed by atoms with van der Waals surface area (Å²) in [6.45, 7) is 11.3. The minimum atomic E-state index is -0.275. The van der Waals surface area contributed by atoms with E-state index in [1.807, 2.05) is 57.2 Å². The number of anilines is 2. The number of carbonyl (C=O) groups is 1. The molecule has 212 valence electrons. The number of pyridine rings is 1. The molecule has 40 heavy (non-hydrogen) atoms. The number of urea groups is 1. The van der Waals surface area contributed by atoms with Crippen LogP contribution in [0.25, 0.3) is 11.1 Å². The zero-order chi connectivity index (χ0) is 28.6. The third-order valence-corrected chi connectivity index (χ3v) is 7.38. The van der Waals surface area contributed by atoms with Crippen LogP contribution < -0.4 is 16.4 Å². The minimum absolute atomic E-state index is 0.275. The number of benzene rings is 2. The van der Waals surface area contributed by atoms with Gasteiger partial charge in [-0.3, -0.25) is 14.9 Å². The van der Waals surface area contributed by atoms with Gasteiger partial charge in [0.1, 0.15) is 5.84 Å². The Morgan fingerprint density at radius 1 is 0.975 bits per heavy atom. The summed E-state index contributed by atoms with van der Waals surface area (Å²) in [5.74, 6) is 1.01. The molecule has 0 spiro atoms. The third-order valence-electron chi connectivity index (χ3n) is 7.38. The number of aromatic nitrogens is 1. The predicted octanol–water partition coefficient (Wildman–Crippen LogP) is 5.69. The van der Waals surface area contributed by atoms with Gasteiger partial charge < -0.3 is 21.3 Å². The van der Waals surface area contributed by atoms with Crippen LogP contribution in [0.15, 0.2) is 59.6 Å². The van der Waals surface area contributed by atoms with Crippen molar-refractivity contribution in [2.45, 2.75) is 46.1 Å². The van der Waals surface area contributed by atoms with Crippen LogP contribution in [0.1, 0.15) is 55.1 Å². The standard InChI is InChI=1S/C30H37N7O.C2H6/c1-20-28(29(31)32-2)26(18-27(33-20)23-6-7-23)22-8-12-25(13-9-22)35-30(38)34-24-10-4-21(5-11-24)19-37-16-14-36(3)15-17-37;1-2/h4-5,8-13,18,23H,6-7,14-17,19H2,1-3H3,(H2,31,32)(H2,34,35,38);1-2H3. The van der Waals surface area contributed by atoms with Crippen LogP contribution in [0.4, 0.5) is 16.2 Å². The van der Waals surface area contributed by atoms with E-state index in [2.05, 4.69) is 50.7 Å². The number of rotatable bonds is 7. The summed E-state index contributed by atoms with van der Waals surface area (Å²) in [4.78, 5) is 26.5. The molecule has 3 aromatic rings. The van der Waals surface area contributed by atoms with Gasteiger partial charge in [0.05, 0.1) is 0 Å². The Kier molecular flexibility index (Phi) is 9.90. The summed E-state index contributed by atoms with van der Waals surface area (Å²) in [5, 5.41) is 5.86. The molecule has 2 aromatic carbocycles. The van der Waals surface area contributed by atoms with Gasteiger partial charge in [0.2, 0.25) is 0 Å². The van der Waals surface area contributed by atoms with Gasteiger partial charge in [0.25, 0.3) is 0 Å². The molecule has 1 saturated heterocycles. The third kappa shape index (κ3) is 7.46. The Balaban J connectivity index is 0.00000181. The normalized spacial score (nSPS) is 16.2. The minimum Gasteiger partial charge on any atom is -0.383 e. The second kappa shape index (κ2) is 13.5. The molecule has 1 aromatic heterocycles. The summed E-state index contributed by atoms with van der Waals surface area (Å²) in [5.41, 5.74) is 13.9. The van der Waals surface area contributed by atoms with Crippen LogP contribution in [0, 0.1) is 6.92 Å². The van der Waals surface area contributed by atoms with E-state index < -0.39 is 0 Å². The highest BCUT2D eigenvalue weighted by Gasteiger charge is 2.27. The number of likely N-dealkylation sites (N-methyl/N-ethyl adjacent to an activating group) is 1. The van der Waals surface area contributed by atoms with E-state index in [1.54, 1.807) is 7.05 Å². The number of piperazine rings is 1. The van der Waals surface area contributed by atoms with E-state index in [4.69, 9.17) is 10.7 Å². The van der Waals surface area contributed by atoms with Gasteiger partial charge in [-0.25, -0.2) is 4.79 Å². The molecule has 5 rings (SSSR count). The number of amidine groups is 1. The van der Waals surface area contributed by atoms with E-state index >= 15 is 0 Å². The maximum Gasteiger partial charge on any atom is 0.323 e. The van der Waals surface area contributed by atoms with E-state index in [9.17, 15) is 4.79 Å². The number of nitrogens with one attached hydrogen (secondary N) is 2. The van der Waals surface area contributed by atoms with E-state index in [0.717, 1.165) is 66.5 Å².